The van der Waals surface area contributed by atoms with Crippen LogP contribution in [0.1, 0.15) is 25.0 Å². The van der Waals surface area contributed by atoms with E-state index >= 15 is 0 Å². The van der Waals surface area contributed by atoms with Crippen LogP contribution in [-0.2, 0) is 11.3 Å². The smallest absolute Gasteiger partial charge is 0.258 e. The van der Waals surface area contributed by atoms with E-state index in [0.29, 0.717) is 6.54 Å². The van der Waals surface area contributed by atoms with Gasteiger partial charge in [0.25, 0.3) is 5.91 Å². The van der Waals surface area contributed by atoms with Crippen molar-refractivity contribution < 1.29 is 9.53 Å². The highest BCUT2D eigenvalue weighted by Gasteiger charge is 2.11. The summed E-state index contributed by atoms with van der Waals surface area (Å²) < 4.78 is 6.67. The van der Waals surface area contributed by atoms with E-state index in [1.54, 1.807) is 0 Å². The average molecular weight is 329 g/mol. The molecule has 2 N–H and O–H groups in total. The summed E-state index contributed by atoms with van der Waals surface area (Å²) in [6.45, 7) is 6.56. The topological polar surface area (TPSA) is 50.4 Å². The Morgan fingerprint density at radius 3 is 2.68 bits per heavy atom. The Bertz CT molecular complexity index is 447. The molecule has 5 heteroatoms. The molecule has 0 aliphatic rings. The van der Waals surface area contributed by atoms with Crippen molar-refractivity contribution in [1.82, 2.24) is 10.6 Å². The molecule has 0 unspecified atom stereocenters. The second-order valence-corrected chi connectivity index (χ2v) is 5.67. The highest BCUT2D eigenvalue weighted by molar-refractivity contribution is 9.10. The number of amides is 1. The summed E-state index contributed by atoms with van der Waals surface area (Å²) in [4.78, 5) is 11.6. The zero-order chi connectivity index (χ0) is 14.4. The van der Waals surface area contributed by atoms with E-state index in [-0.39, 0.29) is 18.6 Å². The van der Waals surface area contributed by atoms with Crippen LogP contribution < -0.4 is 15.4 Å². The van der Waals surface area contributed by atoms with Gasteiger partial charge in [-0.1, -0.05) is 15.9 Å². The Morgan fingerprint density at radius 1 is 1.42 bits per heavy atom. The zero-order valence-electron chi connectivity index (χ0n) is 11.8. The fraction of sp³-hybridized carbons (Fsp3) is 0.500. The lowest BCUT2D eigenvalue weighted by Crippen LogP contribution is -2.34. The lowest BCUT2D eigenvalue weighted by atomic mass is 10.1. The second-order valence-electron chi connectivity index (χ2n) is 4.75. The molecule has 0 saturated heterocycles. The molecule has 0 spiro atoms. The largest absolute Gasteiger partial charge is 0.483 e. The Morgan fingerprint density at radius 2 is 2.11 bits per heavy atom. The van der Waals surface area contributed by atoms with E-state index in [9.17, 15) is 4.79 Å². The third-order valence-electron chi connectivity index (χ3n) is 2.48. The van der Waals surface area contributed by atoms with Crippen molar-refractivity contribution in [2.75, 3.05) is 13.7 Å². The molecule has 0 saturated carbocycles. The summed E-state index contributed by atoms with van der Waals surface area (Å²) in [7, 11) is 1.88. The van der Waals surface area contributed by atoms with Gasteiger partial charge in [-0.2, -0.15) is 0 Å². The molecule has 4 nitrogen and oxygen atoms in total. The standard InChI is InChI=1S/C14H21BrN2O2/c1-9(2)17-13(18)8-19-14-10(3)5-12(15)6-11(14)7-16-4/h5-6,9,16H,7-8H2,1-4H3,(H,17,18). The van der Waals surface area contributed by atoms with Crippen LogP contribution in [0.5, 0.6) is 5.75 Å². The van der Waals surface area contributed by atoms with Gasteiger partial charge in [0.05, 0.1) is 0 Å². The number of rotatable bonds is 6. The lowest BCUT2D eigenvalue weighted by Gasteiger charge is -2.15. The minimum Gasteiger partial charge on any atom is -0.483 e. The fourth-order valence-corrected chi connectivity index (χ4v) is 2.45. The van der Waals surface area contributed by atoms with Gasteiger partial charge in [-0.05, 0) is 45.5 Å². The van der Waals surface area contributed by atoms with Crippen LogP contribution in [0.3, 0.4) is 0 Å². The molecule has 1 amide bonds. The van der Waals surface area contributed by atoms with E-state index in [1.165, 1.54) is 0 Å². The van der Waals surface area contributed by atoms with Gasteiger partial charge in [-0.3, -0.25) is 4.79 Å². The maximum absolute atomic E-state index is 11.6. The van der Waals surface area contributed by atoms with Gasteiger partial charge < -0.3 is 15.4 Å². The predicted molar refractivity (Wildman–Crippen MR) is 80.4 cm³/mol. The molecule has 1 aromatic carbocycles. The van der Waals surface area contributed by atoms with Crippen molar-refractivity contribution in [1.29, 1.82) is 0 Å². The highest BCUT2D eigenvalue weighted by atomic mass is 79.9. The molecule has 0 aliphatic carbocycles. The van der Waals surface area contributed by atoms with Gasteiger partial charge in [0.15, 0.2) is 6.61 Å². The number of ether oxygens (including phenoxy) is 1. The van der Waals surface area contributed by atoms with Gasteiger partial charge >= 0.3 is 0 Å². The van der Waals surface area contributed by atoms with Crippen LogP contribution in [0, 0.1) is 6.92 Å². The third kappa shape index (κ3) is 5.20. The fourth-order valence-electron chi connectivity index (χ4n) is 1.83. The van der Waals surface area contributed by atoms with E-state index in [0.717, 1.165) is 21.3 Å². The maximum Gasteiger partial charge on any atom is 0.258 e. The first-order valence-electron chi connectivity index (χ1n) is 6.29. The minimum absolute atomic E-state index is 0.0391. The molecule has 0 atom stereocenters. The van der Waals surface area contributed by atoms with Gasteiger partial charge in [0.2, 0.25) is 0 Å². The molecule has 1 aromatic rings. The summed E-state index contributed by atoms with van der Waals surface area (Å²) in [6.07, 6.45) is 0. The monoisotopic (exact) mass is 328 g/mol. The third-order valence-corrected chi connectivity index (χ3v) is 2.94. The molecule has 0 radical (unpaired) electrons. The van der Waals surface area contributed by atoms with Crippen molar-refractivity contribution in [3.05, 3.63) is 27.7 Å². The Kier molecular flexibility index (Phi) is 6.31. The van der Waals surface area contributed by atoms with Crippen molar-refractivity contribution in [2.24, 2.45) is 0 Å². The Balaban J connectivity index is 2.79. The first-order chi connectivity index (χ1) is 8.93. The van der Waals surface area contributed by atoms with Gasteiger partial charge in [0.1, 0.15) is 5.75 Å². The van der Waals surface area contributed by atoms with Crippen molar-refractivity contribution in [2.45, 2.75) is 33.4 Å². The molecule has 0 heterocycles. The SMILES string of the molecule is CNCc1cc(Br)cc(C)c1OCC(=O)NC(C)C. The Labute approximate surface area is 123 Å². The van der Waals surface area contributed by atoms with Crippen LogP contribution in [0.25, 0.3) is 0 Å². The van der Waals surface area contributed by atoms with Crippen molar-refractivity contribution >= 4 is 21.8 Å². The molecule has 0 fully saturated rings. The van der Waals surface area contributed by atoms with E-state index < -0.39 is 0 Å². The quantitative estimate of drug-likeness (QED) is 0.843. The summed E-state index contributed by atoms with van der Waals surface area (Å²) >= 11 is 3.47. The van der Waals surface area contributed by atoms with E-state index in [2.05, 4.69) is 26.6 Å². The number of hydrogen-bond donors (Lipinski definition) is 2. The zero-order valence-corrected chi connectivity index (χ0v) is 13.4. The number of halogens is 1. The first kappa shape index (κ1) is 16.0. The van der Waals surface area contributed by atoms with Crippen LogP contribution in [0.2, 0.25) is 0 Å². The summed E-state index contributed by atoms with van der Waals surface area (Å²) in [6, 6.07) is 4.10. The average Bonchev–Trinajstić information content (AvgIpc) is 2.26. The van der Waals surface area contributed by atoms with Gasteiger partial charge in [0, 0.05) is 22.6 Å². The summed E-state index contributed by atoms with van der Waals surface area (Å²) in [5, 5.41) is 5.90. The maximum atomic E-state index is 11.6. The van der Waals surface area contributed by atoms with Crippen molar-refractivity contribution in [3.63, 3.8) is 0 Å². The number of carbonyl (C=O) groups excluding carboxylic acids is 1. The molecule has 0 aromatic heterocycles. The number of hydrogen-bond acceptors (Lipinski definition) is 3. The molecule has 106 valence electrons. The van der Waals surface area contributed by atoms with Crippen LogP contribution in [-0.4, -0.2) is 25.6 Å². The minimum atomic E-state index is -0.104. The van der Waals surface area contributed by atoms with E-state index in [1.807, 2.05) is 40.0 Å². The Hall–Kier alpha value is -1.07. The normalized spacial score (nSPS) is 10.6. The second kappa shape index (κ2) is 7.50. The predicted octanol–water partition coefficient (Wildman–Crippen LogP) is 2.38. The first-order valence-corrected chi connectivity index (χ1v) is 7.09. The van der Waals surface area contributed by atoms with Crippen LogP contribution >= 0.6 is 15.9 Å². The molecular formula is C14H21BrN2O2. The number of carbonyl (C=O) groups is 1. The van der Waals surface area contributed by atoms with Crippen LogP contribution in [0.4, 0.5) is 0 Å². The van der Waals surface area contributed by atoms with E-state index in [4.69, 9.17) is 4.74 Å². The number of aryl methyl sites for hydroxylation is 1. The number of nitrogens with one attached hydrogen (secondary N) is 2. The van der Waals surface area contributed by atoms with Crippen molar-refractivity contribution in [3.8, 4) is 5.75 Å². The van der Waals surface area contributed by atoms with Gasteiger partial charge in [-0.25, -0.2) is 0 Å². The molecular weight excluding hydrogens is 308 g/mol. The molecule has 1 rings (SSSR count). The van der Waals surface area contributed by atoms with Crippen LogP contribution in [0.15, 0.2) is 16.6 Å². The molecule has 0 bridgehead atoms. The number of benzene rings is 1. The molecule has 19 heavy (non-hydrogen) atoms. The highest BCUT2D eigenvalue weighted by Crippen LogP contribution is 2.28. The molecule has 0 aliphatic heterocycles. The summed E-state index contributed by atoms with van der Waals surface area (Å²) in [5.41, 5.74) is 2.05. The summed E-state index contributed by atoms with van der Waals surface area (Å²) in [5.74, 6) is 0.671. The van der Waals surface area contributed by atoms with Gasteiger partial charge in [-0.15, -0.1) is 0 Å². The lowest BCUT2D eigenvalue weighted by molar-refractivity contribution is -0.123.